The van der Waals surface area contributed by atoms with E-state index in [9.17, 15) is 0 Å². The zero-order chi connectivity index (χ0) is 14.6. The number of hydrogen-bond donors (Lipinski definition) is 2. The van der Waals surface area contributed by atoms with Crippen LogP contribution in [0.2, 0.25) is 0 Å². The summed E-state index contributed by atoms with van der Waals surface area (Å²) in [6.07, 6.45) is 3.78. The minimum Gasteiger partial charge on any atom is -0.377 e. The maximum atomic E-state index is 5.11. The molecule has 1 saturated carbocycles. The largest absolute Gasteiger partial charge is 0.377 e. The highest BCUT2D eigenvalue weighted by Gasteiger charge is 2.38. The molecule has 0 saturated heterocycles. The fraction of sp³-hybridized carbons (Fsp3) is 0.714. The van der Waals surface area contributed by atoms with Crippen LogP contribution in [0.5, 0.6) is 0 Å². The summed E-state index contributed by atoms with van der Waals surface area (Å²) in [7, 11) is 7.81. The lowest BCUT2D eigenvalue weighted by molar-refractivity contribution is 0.0738. The Balaban J connectivity index is 2.06. The van der Waals surface area contributed by atoms with E-state index in [1.54, 1.807) is 7.11 Å². The molecule has 1 aliphatic carbocycles. The van der Waals surface area contributed by atoms with Crippen molar-refractivity contribution in [2.75, 3.05) is 45.4 Å². The number of nitrogens with zero attached hydrogens (tertiary/aromatic N) is 3. The Labute approximate surface area is 120 Å². The molecule has 0 unspecified atom stereocenters. The van der Waals surface area contributed by atoms with Crippen molar-refractivity contribution in [3.05, 3.63) is 11.9 Å². The molecule has 0 aliphatic heterocycles. The summed E-state index contributed by atoms with van der Waals surface area (Å²) in [5.74, 6) is 2.35. The molecule has 0 radical (unpaired) electrons. The lowest BCUT2D eigenvalue weighted by atomic mass is 9.75. The van der Waals surface area contributed by atoms with Gasteiger partial charge in [-0.15, -0.1) is 0 Å². The Bertz CT molecular complexity index is 445. The lowest BCUT2D eigenvalue weighted by Gasteiger charge is -2.47. The fourth-order valence-corrected chi connectivity index (χ4v) is 2.53. The maximum Gasteiger partial charge on any atom is 0.158 e. The van der Waals surface area contributed by atoms with Crippen molar-refractivity contribution in [3.8, 4) is 0 Å². The van der Waals surface area contributed by atoms with Crippen LogP contribution in [0, 0.1) is 0 Å². The quantitative estimate of drug-likeness (QED) is 0.790. The van der Waals surface area contributed by atoms with Crippen LogP contribution in [0.3, 0.4) is 0 Å². The van der Waals surface area contributed by atoms with Crippen molar-refractivity contribution in [2.45, 2.75) is 31.4 Å². The van der Waals surface area contributed by atoms with Gasteiger partial charge in [0.2, 0.25) is 0 Å². The van der Waals surface area contributed by atoms with Gasteiger partial charge in [-0.05, 0) is 33.4 Å². The summed E-state index contributed by atoms with van der Waals surface area (Å²) >= 11 is 0. The molecule has 1 heterocycles. The molecular formula is C14H25N5O. The van der Waals surface area contributed by atoms with Gasteiger partial charge in [-0.2, -0.15) is 0 Å². The average molecular weight is 279 g/mol. The highest BCUT2D eigenvalue weighted by molar-refractivity contribution is 5.47. The molecule has 0 aromatic carbocycles. The molecule has 6 heteroatoms. The van der Waals surface area contributed by atoms with Gasteiger partial charge in [-0.1, -0.05) is 0 Å². The van der Waals surface area contributed by atoms with Crippen molar-refractivity contribution >= 4 is 11.6 Å². The number of nitrogens with one attached hydrogen (secondary N) is 2. The topological polar surface area (TPSA) is 62.3 Å². The summed E-state index contributed by atoms with van der Waals surface area (Å²) in [6, 6.07) is 1.93. The van der Waals surface area contributed by atoms with Crippen LogP contribution in [0.4, 0.5) is 11.6 Å². The molecule has 0 amide bonds. The van der Waals surface area contributed by atoms with Gasteiger partial charge in [0.05, 0.1) is 0 Å². The Hall–Kier alpha value is -1.40. The third-order valence-electron chi connectivity index (χ3n) is 4.13. The molecule has 1 aromatic heterocycles. The van der Waals surface area contributed by atoms with Gasteiger partial charge in [0.1, 0.15) is 18.2 Å². The maximum absolute atomic E-state index is 5.11. The molecule has 1 aliphatic rings. The first-order valence-corrected chi connectivity index (χ1v) is 7.05. The van der Waals surface area contributed by atoms with Gasteiger partial charge in [-0.3, -0.25) is 0 Å². The second-order valence-electron chi connectivity index (χ2n) is 5.56. The summed E-state index contributed by atoms with van der Waals surface area (Å²) in [5.41, 5.74) is 0.270. The fourth-order valence-electron chi connectivity index (χ4n) is 2.53. The molecule has 112 valence electrons. The lowest BCUT2D eigenvalue weighted by Crippen LogP contribution is -2.54. The van der Waals surface area contributed by atoms with E-state index >= 15 is 0 Å². The highest BCUT2D eigenvalue weighted by Crippen LogP contribution is 2.36. The molecule has 0 spiro atoms. The zero-order valence-corrected chi connectivity index (χ0v) is 12.9. The summed E-state index contributed by atoms with van der Waals surface area (Å²) in [5, 5.41) is 6.51. The minimum absolute atomic E-state index is 0.270. The second kappa shape index (κ2) is 6.37. The molecular weight excluding hydrogens is 254 g/mol. The summed E-state index contributed by atoms with van der Waals surface area (Å²) in [4.78, 5) is 11.2. The number of likely N-dealkylation sites (N-methyl/N-ethyl adjacent to an activating group) is 1. The van der Waals surface area contributed by atoms with Gasteiger partial charge in [0.15, 0.2) is 5.82 Å². The van der Waals surface area contributed by atoms with E-state index in [4.69, 9.17) is 4.74 Å². The SMILES string of the molecule is CNc1cc(NCC2(N(C)C)CCC2)nc(COC)n1. The van der Waals surface area contributed by atoms with Crippen molar-refractivity contribution in [2.24, 2.45) is 0 Å². The van der Waals surface area contributed by atoms with E-state index in [2.05, 4.69) is 39.6 Å². The van der Waals surface area contributed by atoms with E-state index < -0.39 is 0 Å². The van der Waals surface area contributed by atoms with Gasteiger partial charge in [0, 0.05) is 32.3 Å². The third kappa shape index (κ3) is 3.19. The molecule has 2 rings (SSSR count). The van der Waals surface area contributed by atoms with Crippen LogP contribution in [0.1, 0.15) is 25.1 Å². The molecule has 2 N–H and O–H groups in total. The van der Waals surface area contributed by atoms with E-state index in [1.807, 2.05) is 13.1 Å². The van der Waals surface area contributed by atoms with Crippen molar-refractivity contribution < 1.29 is 4.74 Å². The average Bonchev–Trinajstić information content (AvgIpc) is 2.37. The first-order chi connectivity index (χ1) is 9.59. The van der Waals surface area contributed by atoms with Gasteiger partial charge in [0.25, 0.3) is 0 Å². The normalized spacial score (nSPS) is 16.9. The molecule has 1 aromatic rings. The molecule has 20 heavy (non-hydrogen) atoms. The van der Waals surface area contributed by atoms with E-state index in [0.29, 0.717) is 12.4 Å². The number of aromatic nitrogens is 2. The highest BCUT2D eigenvalue weighted by atomic mass is 16.5. The van der Waals surface area contributed by atoms with Crippen LogP contribution in [-0.2, 0) is 11.3 Å². The summed E-state index contributed by atoms with van der Waals surface area (Å²) < 4.78 is 5.11. The van der Waals surface area contributed by atoms with Gasteiger partial charge < -0.3 is 20.3 Å². The van der Waals surface area contributed by atoms with Crippen molar-refractivity contribution in [1.82, 2.24) is 14.9 Å². The number of rotatable bonds is 7. The Morgan fingerprint density at radius 3 is 2.50 bits per heavy atom. The number of anilines is 2. The van der Waals surface area contributed by atoms with Crippen LogP contribution in [0.15, 0.2) is 6.07 Å². The monoisotopic (exact) mass is 279 g/mol. The van der Waals surface area contributed by atoms with E-state index in [1.165, 1.54) is 19.3 Å². The number of methoxy groups -OCH3 is 1. The van der Waals surface area contributed by atoms with Crippen molar-refractivity contribution in [3.63, 3.8) is 0 Å². The first kappa shape index (κ1) is 15.0. The van der Waals surface area contributed by atoms with E-state index in [0.717, 1.165) is 18.2 Å². The molecule has 0 atom stereocenters. The Kier molecular flexibility index (Phi) is 4.77. The van der Waals surface area contributed by atoms with Crippen LogP contribution in [-0.4, -0.2) is 55.2 Å². The van der Waals surface area contributed by atoms with Crippen LogP contribution >= 0.6 is 0 Å². The van der Waals surface area contributed by atoms with Crippen LogP contribution in [0.25, 0.3) is 0 Å². The predicted octanol–water partition coefficient (Wildman–Crippen LogP) is 1.56. The Morgan fingerprint density at radius 1 is 1.30 bits per heavy atom. The molecule has 1 fully saturated rings. The number of ether oxygens (including phenoxy) is 1. The summed E-state index contributed by atoms with van der Waals surface area (Å²) in [6.45, 7) is 1.33. The second-order valence-corrected chi connectivity index (χ2v) is 5.56. The standard InChI is InChI=1S/C14H25N5O/c1-15-11-8-12(18-13(17-11)9-20-4)16-10-14(19(2)3)6-5-7-14/h8H,5-7,9-10H2,1-4H3,(H2,15,16,17,18). The van der Waals surface area contributed by atoms with Crippen molar-refractivity contribution in [1.29, 1.82) is 0 Å². The Morgan fingerprint density at radius 2 is 2.00 bits per heavy atom. The zero-order valence-electron chi connectivity index (χ0n) is 12.9. The van der Waals surface area contributed by atoms with Gasteiger partial charge >= 0.3 is 0 Å². The molecule has 0 bridgehead atoms. The van der Waals surface area contributed by atoms with Crippen LogP contribution < -0.4 is 10.6 Å². The number of hydrogen-bond acceptors (Lipinski definition) is 6. The third-order valence-corrected chi connectivity index (χ3v) is 4.13. The van der Waals surface area contributed by atoms with E-state index in [-0.39, 0.29) is 5.54 Å². The first-order valence-electron chi connectivity index (χ1n) is 7.05. The predicted molar refractivity (Wildman–Crippen MR) is 81.1 cm³/mol. The smallest absolute Gasteiger partial charge is 0.158 e. The minimum atomic E-state index is 0.270. The molecule has 6 nitrogen and oxygen atoms in total. The van der Waals surface area contributed by atoms with Gasteiger partial charge in [-0.25, -0.2) is 9.97 Å².